The highest BCUT2D eigenvalue weighted by atomic mass is 16.5. The summed E-state index contributed by atoms with van der Waals surface area (Å²) in [5, 5.41) is 5.71. The molecule has 0 aliphatic carbocycles. The molecule has 0 saturated carbocycles. The molecule has 2 rings (SSSR count). The van der Waals surface area contributed by atoms with Crippen LogP contribution in [0, 0.1) is 19.3 Å². The molecule has 2 amide bonds. The average molecular weight is 427 g/mol. The second kappa shape index (κ2) is 11.5. The quantitative estimate of drug-likeness (QED) is 0.519. The number of anilines is 1. The smallest absolute Gasteiger partial charge is 0.253 e. The number of ether oxygens (including phenoxy) is 2. The molecule has 0 atom stereocenters. The van der Waals surface area contributed by atoms with Gasteiger partial charge in [0.05, 0.1) is 24.5 Å². The maximum Gasteiger partial charge on any atom is 0.253 e. The van der Waals surface area contributed by atoms with E-state index in [2.05, 4.69) is 16.7 Å². The van der Waals surface area contributed by atoms with Gasteiger partial charge in [0.25, 0.3) is 5.91 Å². The maximum absolute atomic E-state index is 12.9. The minimum absolute atomic E-state index is 0.128. The van der Waals surface area contributed by atoms with Crippen molar-refractivity contribution in [3.63, 3.8) is 0 Å². The maximum atomic E-state index is 12.9. The van der Waals surface area contributed by atoms with E-state index in [1.54, 1.807) is 31.4 Å². The van der Waals surface area contributed by atoms with Crippen molar-refractivity contribution in [1.29, 1.82) is 0 Å². The molecule has 6 heteroatoms. The molecule has 31 heavy (non-hydrogen) atoms. The lowest BCUT2D eigenvalue weighted by molar-refractivity contribution is -0.124. The molecule has 0 bridgehead atoms. The zero-order chi connectivity index (χ0) is 22.9. The largest absolute Gasteiger partial charge is 0.493 e. The first kappa shape index (κ1) is 24.4. The standard InChI is InChI=1S/C25H34N2O4/c1-18-11-12-19(2)22(17-18)31-15-8-13-25(3,4)24(29)27-21-10-7-6-9-20(21)23(28)26-14-16-30-5/h6-7,9-12,17H,8,13-16H2,1-5H3,(H,26,28)(H,27,29). The molecular formula is C25H34N2O4. The number of benzene rings is 2. The van der Waals surface area contributed by atoms with Gasteiger partial charge in [0, 0.05) is 19.1 Å². The van der Waals surface area contributed by atoms with Crippen molar-refractivity contribution in [3.05, 3.63) is 59.2 Å². The number of nitrogens with one attached hydrogen (secondary N) is 2. The van der Waals surface area contributed by atoms with E-state index in [1.165, 1.54) is 0 Å². The predicted octanol–water partition coefficient (Wildman–Crippen LogP) is 4.50. The number of para-hydroxylation sites is 1. The van der Waals surface area contributed by atoms with Crippen LogP contribution in [0.4, 0.5) is 5.69 Å². The minimum Gasteiger partial charge on any atom is -0.493 e. The zero-order valence-corrected chi connectivity index (χ0v) is 19.2. The first-order valence-corrected chi connectivity index (χ1v) is 10.6. The average Bonchev–Trinajstić information content (AvgIpc) is 2.74. The topological polar surface area (TPSA) is 76.7 Å². The Hall–Kier alpha value is -2.86. The Morgan fingerprint density at radius 1 is 1.03 bits per heavy atom. The SMILES string of the molecule is COCCNC(=O)c1ccccc1NC(=O)C(C)(C)CCCOc1cc(C)ccc1C. The van der Waals surface area contributed by atoms with Crippen LogP contribution in [-0.4, -0.2) is 38.7 Å². The molecule has 6 nitrogen and oxygen atoms in total. The van der Waals surface area contributed by atoms with Crippen LogP contribution in [0.25, 0.3) is 0 Å². The molecule has 0 unspecified atom stereocenters. The second-order valence-corrected chi connectivity index (χ2v) is 8.35. The van der Waals surface area contributed by atoms with Gasteiger partial charge in [-0.05, 0) is 56.0 Å². The van der Waals surface area contributed by atoms with E-state index in [1.807, 2.05) is 39.8 Å². The van der Waals surface area contributed by atoms with Gasteiger partial charge in [-0.2, -0.15) is 0 Å². The summed E-state index contributed by atoms with van der Waals surface area (Å²) in [5.74, 6) is 0.514. The fourth-order valence-corrected chi connectivity index (χ4v) is 3.12. The van der Waals surface area contributed by atoms with Crippen LogP contribution in [-0.2, 0) is 9.53 Å². The monoisotopic (exact) mass is 426 g/mol. The van der Waals surface area contributed by atoms with E-state index in [0.29, 0.717) is 37.4 Å². The summed E-state index contributed by atoms with van der Waals surface area (Å²) in [6.45, 7) is 9.24. The Labute approximate surface area is 185 Å². The molecule has 0 aliphatic heterocycles. The Morgan fingerprint density at radius 2 is 1.77 bits per heavy atom. The zero-order valence-electron chi connectivity index (χ0n) is 19.2. The Morgan fingerprint density at radius 3 is 2.52 bits per heavy atom. The molecule has 0 spiro atoms. The van der Waals surface area contributed by atoms with Gasteiger partial charge in [-0.1, -0.05) is 38.1 Å². The molecule has 0 fully saturated rings. The summed E-state index contributed by atoms with van der Waals surface area (Å²) >= 11 is 0. The second-order valence-electron chi connectivity index (χ2n) is 8.35. The summed E-state index contributed by atoms with van der Waals surface area (Å²) in [6, 6.07) is 13.1. The first-order chi connectivity index (χ1) is 14.7. The van der Waals surface area contributed by atoms with Crippen LogP contribution >= 0.6 is 0 Å². The van der Waals surface area contributed by atoms with E-state index in [-0.39, 0.29) is 11.8 Å². The van der Waals surface area contributed by atoms with E-state index >= 15 is 0 Å². The summed E-state index contributed by atoms with van der Waals surface area (Å²) in [6.07, 6.45) is 1.40. The van der Waals surface area contributed by atoms with Crippen LogP contribution in [0.15, 0.2) is 42.5 Å². The van der Waals surface area contributed by atoms with Crippen molar-refractivity contribution in [2.24, 2.45) is 5.41 Å². The molecule has 0 heterocycles. The number of hydrogen-bond acceptors (Lipinski definition) is 4. The molecule has 2 aromatic carbocycles. The molecule has 2 aromatic rings. The van der Waals surface area contributed by atoms with E-state index < -0.39 is 5.41 Å². The summed E-state index contributed by atoms with van der Waals surface area (Å²) in [5.41, 5.74) is 2.58. The third-order valence-corrected chi connectivity index (χ3v) is 5.17. The number of aryl methyl sites for hydroxylation is 2. The highest BCUT2D eigenvalue weighted by Gasteiger charge is 2.28. The summed E-state index contributed by atoms with van der Waals surface area (Å²) in [7, 11) is 1.58. The molecule has 0 radical (unpaired) electrons. The third-order valence-electron chi connectivity index (χ3n) is 5.17. The van der Waals surface area contributed by atoms with Crippen molar-refractivity contribution in [2.45, 2.75) is 40.5 Å². The number of amides is 2. The van der Waals surface area contributed by atoms with E-state index in [0.717, 1.165) is 23.3 Å². The molecule has 0 saturated heterocycles. The predicted molar refractivity (Wildman–Crippen MR) is 124 cm³/mol. The Bertz CT molecular complexity index is 893. The van der Waals surface area contributed by atoms with Crippen LogP contribution in [0.5, 0.6) is 5.75 Å². The lowest BCUT2D eigenvalue weighted by Gasteiger charge is -2.24. The highest BCUT2D eigenvalue weighted by Crippen LogP contribution is 2.27. The first-order valence-electron chi connectivity index (χ1n) is 10.6. The molecule has 168 valence electrons. The lowest BCUT2D eigenvalue weighted by Crippen LogP contribution is -2.33. The molecule has 2 N–H and O–H groups in total. The van der Waals surface area contributed by atoms with Gasteiger partial charge in [0.1, 0.15) is 5.75 Å². The number of hydrogen-bond donors (Lipinski definition) is 2. The van der Waals surface area contributed by atoms with Crippen molar-refractivity contribution in [1.82, 2.24) is 5.32 Å². The number of methoxy groups -OCH3 is 1. The van der Waals surface area contributed by atoms with Gasteiger partial charge >= 0.3 is 0 Å². The molecule has 0 aliphatic rings. The fourth-order valence-electron chi connectivity index (χ4n) is 3.12. The van der Waals surface area contributed by atoms with Gasteiger partial charge in [-0.25, -0.2) is 0 Å². The third kappa shape index (κ3) is 7.40. The minimum atomic E-state index is -0.607. The van der Waals surface area contributed by atoms with Crippen molar-refractivity contribution >= 4 is 17.5 Å². The van der Waals surface area contributed by atoms with Crippen molar-refractivity contribution in [2.75, 3.05) is 32.2 Å². The van der Waals surface area contributed by atoms with Crippen LogP contribution in [0.1, 0.15) is 48.2 Å². The summed E-state index contributed by atoms with van der Waals surface area (Å²) < 4.78 is 10.9. The van der Waals surface area contributed by atoms with Gasteiger partial charge in [-0.3, -0.25) is 9.59 Å². The number of carbonyl (C=O) groups excluding carboxylic acids is 2. The van der Waals surface area contributed by atoms with E-state index in [9.17, 15) is 9.59 Å². The van der Waals surface area contributed by atoms with Crippen LogP contribution < -0.4 is 15.4 Å². The van der Waals surface area contributed by atoms with Crippen LogP contribution in [0.2, 0.25) is 0 Å². The van der Waals surface area contributed by atoms with Crippen molar-refractivity contribution < 1.29 is 19.1 Å². The number of carbonyl (C=O) groups is 2. The molecule has 0 aromatic heterocycles. The molecular weight excluding hydrogens is 392 g/mol. The number of rotatable bonds is 11. The highest BCUT2D eigenvalue weighted by molar-refractivity contribution is 6.04. The van der Waals surface area contributed by atoms with E-state index in [4.69, 9.17) is 9.47 Å². The van der Waals surface area contributed by atoms with Crippen molar-refractivity contribution in [3.8, 4) is 5.75 Å². The lowest BCUT2D eigenvalue weighted by atomic mass is 9.86. The summed E-state index contributed by atoms with van der Waals surface area (Å²) in [4.78, 5) is 25.4. The van der Waals surface area contributed by atoms with Gasteiger partial charge in [0.2, 0.25) is 5.91 Å². The fraction of sp³-hybridized carbons (Fsp3) is 0.440. The van der Waals surface area contributed by atoms with Gasteiger partial charge < -0.3 is 20.1 Å². The Balaban J connectivity index is 1.92. The van der Waals surface area contributed by atoms with Gasteiger partial charge in [-0.15, -0.1) is 0 Å². The Kier molecular flexibility index (Phi) is 9.06. The van der Waals surface area contributed by atoms with Gasteiger partial charge in [0.15, 0.2) is 0 Å². The van der Waals surface area contributed by atoms with Crippen LogP contribution in [0.3, 0.4) is 0 Å². The normalized spacial score (nSPS) is 11.1.